The van der Waals surface area contributed by atoms with Gasteiger partial charge in [-0.25, -0.2) is 23.9 Å². The molecule has 0 unspecified atom stereocenters. The van der Waals surface area contributed by atoms with Crippen LogP contribution in [0.5, 0.6) is 0 Å². The molecule has 0 bridgehead atoms. The summed E-state index contributed by atoms with van der Waals surface area (Å²) in [5, 5.41) is 12.7. The van der Waals surface area contributed by atoms with Gasteiger partial charge in [0.2, 0.25) is 5.91 Å². The maximum absolute atomic E-state index is 11.5. The molecule has 7 N–H and O–H groups in total. The maximum atomic E-state index is 11.5. The van der Waals surface area contributed by atoms with Crippen molar-refractivity contribution in [3.8, 4) is 0 Å². The number of amides is 1. The van der Waals surface area contributed by atoms with E-state index in [9.17, 15) is 19.2 Å². The third-order valence-corrected chi connectivity index (χ3v) is 4.11. The average molecular weight is 444 g/mol. The Balaban J connectivity index is 0.000000229. The first kappa shape index (κ1) is 23.8. The Hall–Kier alpha value is -4.52. The number of esters is 2. The molecule has 0 saturated heterocycles. The first-order valence-corrected chi connectivity index (χ1v) is 8.79. The summed E-state index contributed by atoms with van der Waals surface area (Å²) in [5.74, 6) is -3.03. The van der Waals surface area contributed by atoms with Crippen molar-refractivity contribution >= 4 is 35.1 Å². The van der Waals surface area contributed by atoms with Gasteiger partial charge in [0.1, 0.15) is 6.04 Å². The number of hydrogen-bond acceptors (Lipinski definition) is 10. The summed E-state index contributed by atoms with van der Waals surface area (Å²) >= 11 is 0. The molecule has 13 nitrogen and oxygen atoms in total. The Kier molecular flexibility index (Phi) is 7.42. The van der Waals surface area contributed by atoms with Crippen molar-refractivity contribution in [2.75, 3.05) is 20.0 Å². The highest BCUT2D eigenvalue weighted by atomic mass is 16.5. The molecule has 0 fully saturated rings. The van der Waals surface area contributed by atoms with E-state index in [-0.39, 0.29) is 22.7 Å². The summed E-state index contributed by atoms with van der Waals surface area (Å²) in [4.78, 5) is 48.0. The SMILES string of the molecule is COC(=O)c1cc(C(=O)O)nc2c(N)cnn12.COC(=O)c1ccc([C@@H](N)C(N)=O)cc1. The number of rotatable bonds is 5. The number of carbonyl (C=O) groups excluding carboxylic acids is 3. The molecule has 0 saturated carbocycles. The van der Waals surface area contributed by atoms with Gasteiger partial charge in [0.15, 0.2) is 17.0 Å². The van der Waals surface area contributed by atoms with Crippen LogP contribution >= 0.6 is 0 Å². The molecule has 3 aromatic rings. The molecule has 3 rings (SSSR count). The quantitative estimate of drug-likeness (QED) is 0.376. The summed E-state index contributed by atoms with van der Waals surface area (Å²) in [6.45, 7) is 0. The lowest BCUT2D eigenvalue weighted by Crippen LogP contribution is -2.28. The molecule has 0 spiro atoms. The Bertz CT molecular complexity index is 1170. The van der Waals surface area contributed by atoms with Gasteiger partial charge in [-0.3, -0.25) is 4.79 Å². The second-order valence-electron chi connectivity index (χ2n) is 6.15. The predicted molar refractivity (Wildman–Crippen MR) is 110 cm³/mol. The number of carboxylic acids is 1. The predicted octanol–water partition coefficient (Wildman–Crippen LogP) is -0.245. The molecule has 0 aliphatic heterocycles. The van der Waals surface area contributed by atoms with Crippen LogP contribution in [0.4, 0.5) is 5.69 Å². The van der Waals surface area contributed by atoms with E-state index in [1.165, 1.54) is 32.5 Å². The van der Waals surface area contributed by atoms with E-state index in [4.69, 9.17) is 22.3 Å². The number of carboxylic acid groups (broad SMARTS) is 1. The molecule has 0 radical (unpaired) electrons. The van der Waals surface area contributed by atoms with Gasteiger partial charge in [-0.2, -0.15) is 5.10 Å². The molecule has 2 heterocycles. The van der Waals surface area contributed by atoms with Gasteiger partial charge in [0, 0.05) is 6.07 Å². The molecule has 0 aliphatic carbocycles. The third-order valence-electron chi connectivity index (χ3n) is 4.11. The molecule has 1 atom stereocenters. The minimum Gasteiger partial charge on any atom is -0.477 e. The van der Waals surface area contributed by atoms with Gasteiger partial charge >= 0.3 is 17.9 Å². The monoisotopic (exact) mass is 444 g/mol. The zero-order valence-corrected chi connectivity index (χ0v) is 17.0. The number of benzene rings is 1. The first-order chi connectivity index (χ1) is 15.1. The number of nitrogens with zero attached hydrogens (tertiary/aromatic N) is 3. The number of primary amides is 1. The van der Waals surface area contributed by atoms with Crippen LogP contribution < -0.4 is 17.2 Å². The number of methoxy groups -OCH3 is 2. The Labute approximate surface area is 180 Å². The minimum atomic E-state index is -1.27. The van der Waals surface area contributed by atoms with Gasteiger partial charge in [0.25, 0.3) is 0 Å². The molecular formula is C19H20N6O7. The number of fused-ring (bicyclic) bond motifs is 1. The average Bonchev–Trinajstić information content (AvgIpc) is 3.18. The first-order valence-electron chi connectivity index (χ1n) is 8.79. The zero-order chi connectivity index (χ0) is 24.0. The van der Waals surface area contributed by atoms with Crippen LogP contribution in [0, 0.1) is 0 Å². The lowest BCUT2D eigenvalue weighted by molar-refractivity contribution is -0.119. The van der Waals surface area contributed by atoms with Crippen molar-refractivity contribution < 1.29 is 33.8 Å². The topological polar surface area (TPSA) is 215 Å². The number of hydrogen-bond donors (Lipinski definition) is 4. The molecule has 2 aromatic heterocycles. The normalized spacial score (nSPS) is 11.1. The van der Waals surface area contributed by atoms with E-state index in [2.05, 4.69) is 19.6 Å². The molecule has 168 valence electrons. The van der Waals surface area contributed by atoms with Crippen molar-refractivity contribution in [3.63, 3.8) is 0 Å². The van der Waals surface area contributed by atoms with Gasteiger partial charge in [-0.05, 0) is 17.7 Å². The Morgan fingerprint density at radius 2 is 1.66 bits per heavy atom. The van der Waals surface area contributed by atoms with Gasteiger partial charge in [-0.1, -0.05) is 12.1 Å². The largest absolute Gasteiger partial charge is 0.477 e. The van der Waals surface area contributed by atoms with Crippen LogP contribution in [0.1, 0.15) is 42.9 Å². The molecule has 13 heteroatoms. The fourth-order valence-electron chi connectivity index (χ4n) is 2.45. The van der Waals surface area contributed by atoms with Gasteiger partial charge < -0.3 is 31.8 Å². The van der Waals surface area contributed by atoms with E-state index in [1.807, 2.05) is 0 Å². The molecule has 1 aromatic carbocycles. The van der Waals surface area contributed by atoms with E-state index in [1.54, 1.807) is 12.1 Å². The molecule has 1 amide bonds. The van der Waals surface area contributed by atoms with Gasteiger partial charge in [-0.15, -0.1) is 0 Å². The Morgan fingerprint density at radius 1 is 1.06 bits per heavy atom. The lowest BCUT2D eigenvalue weighted by atomic mass is 10.1. The number of nitrogen functional groups attached to an aromatic ring is 1. The summed E-state index contributed by atoms with van der Waals surface area (Å²) in [5.41, 5.74) is 17.0. The number of anilines is 1. The Morgan fingerprint density at radius 3 is 2.16 bits per heavy atom. The van der Waals surface area contributed by atoms with Crippen molar-refractivity contribution in [1.82, 2.24) is 14.6 Å². The number of aromatic nitrogens is 3. The highest BCUT2D eigenvalue weighted by molar-refractivity contribution is 5.93. The van der Waals surface area contributed by atoms with E-state index >= 15 is 0 Å². The van der Waals surface area contributed by atoms with E-state index < -0.39 is 29.9 Å². The van der Waals surface area contributed by atoms with Crippen molar-refractivity contribution in [3.05, 3.63) is 59.0 Å². The second kappa shape index (κ2) is 9.99. The summed E-state index contributed by atoms with van der Waals surface area (Å²) in [6.07, 6.45) is 1.28. The highest BCUT2D eigenvalue weighted by Gasteiger charge is 2.19. The number of aromatic carboxylic acids is 1. The zero-order valence-electron chi connectivity index (χ0n) is 17.0. The van der Waals surface area contributed by atoms with E-state index in [0.29, 0.717) is 11.1 Å². The van der Waals surface area contributed by atoms with Crippen LogP contribution in [-0.2, 0) is 14.3 Å². The van der Waals surface area contributed by atoms with Crippen LogP contribution in [-0.4, -0.2) is 57.7 Å². The minimum absolute atomic E-state index is 0.0494. The van der Waals surface area contributed by atoms with Crippen molar-refractivity contribution in [2.45, 2.75) is 6.04 Å². The number of ether oxygens (including phenoxy) is 2. The van der Waals surface area contributed by atoms with Crippen LogP contribution in [0.15, 0.2) is 36.5 Å². The highest BCUT2D eigenvalue weighted by Crippen LogP contribution is 2.15. The summed E-state index contributed by atoms with van der Waals surface area (Å²) < 4.78 is 10.2. The standard InChI is InChI=1S/C10H12N2O3.C9H8N4O4/c1-15-10(14)7-4-2-6(3-5-7)8(11)9(12)13;1-17-9(16)6-2-5(8(14)15)12-7-4(10)3-11-13(6)7/h2-5,8H,11H2,1H3,(H2,12,13);2-3H,10H2,1H3,(H,14,15)/t8-;/m1./s1. The van der Waals surface area contributed by atoms with Crippen LogP contribution in [0.3, 0.4) is 0 Å². The smallest absolute Gasteiger partial charge is 0.356 e. The second-order valence-corrected chi connectivity index (χ2v) is 6.15. The molecule has 0 aliphatic rings. The van der Waals surface area contributed by atoms with Crippen molar-refractivity contribution in [2.24, 2.45) is 11.5 Å². The fourth-order valence-corrected chi connectivity index (χ4v) is 2.45. The lowest BCUT2D eigenvalue weighted by Gasteiger charge is -2.07. The van der Waals surface area contributed by atoms with Gasteiger partial charge in [0.05, 0.1) is 31.7 Å². The van der Waals surface area contributed by atoms with Crippen LogP contribution in [0.25, 0.3) is 5.65 Å². The van der Waals surface area contributed by atoms with Crippen LogP contribution in [0.2, 0.25) is 0 Å². The summed E-state index contributed by atoms with van der Waals surface area (Å²) in [7, 11) is 2.48. The third kappa shape index (κ3) is 5.14. The number of carbonyl (C=O) groups is 4. The number of nitrogens with two attached hydrogens (primary N) is 3. The molecule has 32 heavy (non-hydrogen) atoms. The summed E-state index contributed by atoms with van der Waals surface area (Å²) in [6, 6.07) is 6.43. The van der Waals surface area contributed by atoms with E-state index in [0.717, 1.165) is 10.6 Å². The maximum Gasteiger partial charge on any atom is 0.356 e. The molecular weight excluding hydrogens is 424 g/mol. The fraction of sp³-hybridized carbons (Fsp3) is 0.158. The van der Waals surface area contributed by atoms with Crippen molar-refractivity contribution in [1.29, 1.82) is 0 Å².